The lowest BCUT2D eigenvalue weighted by atomic mass is 10.0. The van der Waals surface area contributed by atoms with E-state index in [0.29, 0.717) is 0 Å². The monoisotopic (exact) mass is 353 g/mol. The van der Waals surface area contributed by atoms with Gasteiger partial charge in [0.15, 0.2) is 0 Å². The molecular weight excluding hydrogens is 322 g/mol. The summed E-state index contributed by atoms with van der Waals surface area (Å²) in [6, 6.07) is 18.4. The van der Waals surface area contributed by atoms with E-state index in [0.717, 1.165) is 43.5 Å². The lowest BCUT2D eigenvalue weighted by Crippen LogP contribution is -2.35. The summed E-state index contributed by atoms with van der Waals surface area (Å²) in [4.78, 5) is 2.58. The number of nitrogens with one attached hydrogen (secondary N) is 2. The topological polar surface area (TPSA) is 36.5 Å². The van der Waals surface area contributed by atoms with Crippen LogP contribution >= 0.6 is 0 Å². The molecule has 0 spiro atoms. The summed E-state index contributed by atoms with van der Waals surface area (Å²) in [5.41, 5.74) is 8.72. The highest BCUT2D eigenvalue weighted by atomic mass is 16.5. The summed E-state index contributed by atoms with van der Waals surface area (Å²) in [5.74, 6) is 1.80. The van der Waals surface area contributed by atoms with Crippen LogP contribution in [-0.4, -0.2) is 31.1 Å². The third-order valence-electron chi connectivity index (χ3n) is 4.83. The molecule has 0 bridgehead atoms. The predicted molar refractivity (Wildman–Crippen MR) is 108 cm³/mol. The molecule has 4 nitrogen and oxygen atoms in total. The first-order chi connectivity index (χ1) is 12.8. The average Bonchev–Trinajstić information content (AvgIpc) is 2.67. The van der Waals surface area contributed by atoms with Crippen molar-refractivity contribution in [1.82, 2.24) is 10.3 Å². The third kappa shape index (κ3) is 6.36. The number of hydrogen-bond acceptors (Lipinski definition) is 4. The number of para-hydroxylation sites is 1. The molecule has 0 radical (unpaired) electrons. The van der Waals surface area contributed by atoms with E-state index >= 15 is 0 Å². The smallest absolute Gasteiger partial charge is 0.119 e. The number of rotatable bonds is 9. The SMILES string of the molecule is CC1CCCN(CCCOc2cccc(CNNc3ccccc3)c2)C1. The molecule has 1 unspecified atom stereocenters. The van der Waals surface area contributed by atoms with Crippen molar-refractivity contribution >= 4 is 5.69 Å². The molecule has 140 valence electrons. The summed E-state index contributed by atoms with van der Waals surface area (Å²) in [5, 5.41) is 0. The minimum Gasteiger partial charge on any atom is -0.494 e. The van der Waals surface area contributed by atoms with Gasteiger partial charge >= 0.3 is 0 Å². The number of hydrogen-bond donors (Lipinski definition) is 2. The van der Waals surface area contributed by atoms with E-state index in [-0.39, 0.29) is 0 Å². The van der Waals surface area contributed by atoms with Crippen LogP contribution in [0, 0.1) is 5.92 Å². The van der Waals surface area contributed by atoms with Crippen molar-refractivity contribution in [3.8, 4) is 5.75 Å². The molecule has 1 saturated heterocycles. The summed E-state index contributed by atoms with van der Waals surface area (Å²) >= 11 is 0. The van der Waals surface area contributed by atoms with Gasteiger partial charge in [0.1, 0.15) is 5.75 Å². The maximum absolute atomic E-state index is 5.95. The first kappa shape index (κ1) is 18.7. The number of hydrazine groups is 1. The number of likely N-dealkylation sites (tertiary alicyclic amines) is 1. The van der Waals surface area contributed by atoms with Gasteiger partial charge in [-0.25, -0.2) is 5.43 Å². The van der Waals surface area contributed by atoms with E-state index in [1.165, 1.54) is 31.5 Å². The molecule has 2 aromatic carbocycles. The Labute approximate surface area is 157 Å². The molecule has 0 amide bonds. The second kappa shape index (κ2) is 10.2. The van der Waals surface area contributed by atoms with Crippen LogP contribution in [0.4, 0.5) is 5.69 Å². The largest absolute Gasteiger partial charge is 0.494 e. The number of anilines is 1. The number of ether oxygens (including phenoxy) is 1. The second-order valence-corrected chi connectivity index (χ2v) is 7.24. The van der Waals surface area contributed by atoms with Crippen LogP contribution in [0.3, 0.4) is 0 Å². The average molecular weight is 354 g/mol. The second-order valence-electron chi connectivity index (χ2n) is 7.24. The molecule has 1 atom stereocenters. The van der Waals surface area contributed by atoms with Crippen LogP contribution in [0.1, 0.15) is 31.7 Å². The van der Waals surface area contributed by atoms with E-state index in [2.05, 4.69) is 40.9 Å². The van der Waals surface area contributed by atoms with Crippen LogP contribution in [0.15, 0.2) is 54.6 Å². The Kier molecular flexibility index (Phi) is 7.35. The molecule has 2 N–H and O–H groups in total. The molecule has 1 aliphatic heterocycles. The highest BCUT2D eigenvalue weighted by molar-refractivity contribution is 5.41. The van der Waals surface area contributed by atoms with Crippen LogP contribution in [-0.2, 0) is 6.54 Å². The minimum absolute atomic E-state index is 0.748. The van der Waals surface area contributed by atoms with Crippen molar-refractivity contribution in [2.45, 2.75) is 32.7 Å². The fourth-order valence-electron chi connectivity index (χ4n) is 3.48. The van der Waals surface area contributed by atoms with Gasteiger partial charge < -0.3 is 15.1 Å². The zero-order chi connectivity index (χ0) is 18.0. The summed E-state index contributed by atoms with van der Waals surface area (Å²) in [6.07, 6.45) is 3.81. The first-order valence-corrected chi connectivity index (χ1v) is 9.77. The van der Waals surface area contributed by atoms with Crippen molar-refractivity contribution in [3.63, 3.8) is 0 Å². The summed E-state index contributed by atoms with van der Waals surface area (Å²) in [6.45, 7) is 7.53. The van der Waals surface area contributed by atoms with Crippen molar-refractivity contribution in [2.75, 3.05) is 31.7 Å². The fraction of sp³-hybridized carbons (Fsp3) is 0.455. The minimum atomic E-state index is 0.748. The van der Waals surface area contributed by atoms with E-state index in [9.17, 15) is 0 Å². The molecular formula is C22H31N3O. The maximum atomic E-state index is 5.95. The van der Waals surface area contributed by atoms with Crippen LogP contribution in [0.2, 0.25) is 0 Å². The molecule has 0 aliphatic carbocycles. The van der Waals surface area contributed by atoms with Gasteiger partial charge in [-0.15, -0.1) is 0 Å². The molecule has 26 heavy (non-hydrogen) atoms. The van der Waals surface area contributed by atoms with Gasteiger partial charge in [0, 0.05) is 25.3 Å². The number of nitrogens with zero attached hydrogens (tertiary/aromatic N) is 1. The summed E-state index contributed by atoms with van der Waals surface area (Å²) in [7, 11) is 0. The van der Waals surface area contributed by atoms with Gasteiger partial charge in [-0.05, 0) is 61.6 Å². The zero-order valence-electron chi connectivity index (χ0n) is 15.8. The first-order valence-electron chi connectivity index (χ1n) is 9.77. The van der Waals surface area contributed by atoms with Gasteiger partial charge in [0.05, 0.1) is 6.61 Å². The van der Waals surface area contributed by atoms with E-state index < -0.39 is 0 Å². The molecule has 1 fully saturated rings. The Bertz CT molecular complexity index is 647. The van der Waals surface area contributed by atoms with Crippen molar-refractivity contribution in [2.24, 2.45) is 5.92 Å². The van der Waals surface area contributed by atoms with Gasteiger partial charge in [-0.3, -0.25) is 0 Å². The number of benzene rings is 2. The van der Waals surface area contributed by atoms with Crippen LogP contribution < -0.4 is 15.6 Å². The normalized spacial score (nSPS) is 17.8. The molecule has 3 rings (SSSR count). The molecule has 0 saturated carbocycles. The zero-order valence-corrected chi connectivity index (χ0v) is 15.8. The van der Waals surface area contributed by atoms with Gasteiger partial charge in [0.25, 0.3) is 0 Å². The Balaban J connectivity index is 1.35. The van der Waals surface area contributed by atoms with Gasteiger partial charge in [0.2, 0.25) is 0 Å². The van der Waals surface area contributed by atoms with Crippen LogP contribution in [0.5, 0.6) is 5.75 Å². The lowest BCUT2D eigenvalue weighted by Gasteiger charge is -2.30. The Hall–Kier alpha value is -2.04. The standard InChI is InChI=1S/C22H31N3O/c1-19-8-6-13-25(18-19)14-7-15-26-22-12-5-9-20(16-22)17-23-24-21-10-3-2-4-11-21/h2-5,9-12,16,19,23-24H,6-8,13-15,17-18H2,1H3. The lowest BCUT2D eigenvalue weighted by molar-refractivity contribution is 0.170. The van der Waals surface area contributed by atoms with E-state index in [1.807, 2.05) is 36.4 Å². The quantitative estimate of drug-likeness (QED) is 0.520. The fourth-order valence-corrected chi connectivity index (χ4v) is 3.48. The molecule has 4 heteroatoms. The molecule has 1 aliphatic rings. The van der Waals surface area contributed by atoms with Crippen molar-refractivity contribution < 1.29 is 4.74 Å². The van der Waals surface area contributed by atoms with E-state index in [4.69, 9.17) is 4.74 Å². The molecule has 2 aromatic rings. The molecule has 1 heterocycles. The highest BCUT2D eigenvalue weighted by Gasteiger charge is 2.15. The van der Waals surface area contributed by atoms with E-state index in [1.54, 1.807) is 0 Å². The van der Waals surface area contributed by atoms with Crippen LogP contribution in [0.25, 0.3) is 0 Å². The summed E-state index contributed by atoms with van der Waals surface area (Å²) < 4.78 is 5.95. The maximum Gasteiger partial charge on any atom is 0.119 e. The Morgan fingerprint density at radius 3 is 2.85 bits per heavy atom. The Morgan fingerprint density at radius 2 is 2.00 bits per heavy atom. The predicted octanol–water partition coefficient (Wildman–Crippen LogP) is 4.30. The Morgan fingerprint density at radius 1 is 1.12 bits per heavy atom. The molecule has 0 aromatic heterocycles. The number of piperidine rings is 1. The van der Waals surface area contributed by atoms with Gasteiger partial charge in [-0.1, -0.05) is 37.3 Å². The van der Waals surface area contributed by atoms with Crippen molar-refractivity contribution in [1.29, 1.82) is 0 Å². The highest BCUT2D eigenvalue weighted by Crippen LogP contribution is 2.16. The van der Waals surface area contributed by atoms with Crippen molar-refractivity contribution in [3.05, 3.63) is 60.2 Å². The third-order valence-corrected chi connectivity index (χ3v) is 4.83. The van der Waals surface area contributed by atoms with Gasteiger partial charge in [-0.2, -0.15) is 0 Å².